The van der Waals surface area contributed by atoms with E-state index in [1.54, 1.807) is 6.07 Å². The van der Waals surface area contributed by atoms with Gasteiger partial charge in [-0.1, -0.05) is 30.3 Å². The first kappa shape index (κ1) is 18.7. The summed E-state index contributed by atoms with van der Waals surface area (Å²) in [6.07, 6.45) is 2.79. The van der Waals surface area contributed by atoms with Crippen molar-refractivity contribution in [3.63, 3.8) is 0 Å². The summed E-state index contributed by atoms with van der Waals surface area (Å²) >= 11 is 0. The van der Waals surface area contributed by atoms with Crippen LogP contribution in [0.25, 0.3) is 22.6 Å². The number of carbonyl (C=O) groups excluding carboxylic acids is 1. The van der Waals surface area contributed by atoms with Crippen molar-refractivity contribution in [3.05, 3.63) is 75.6 Å². The van der Waals surface area contributed by atoms with Crippen molar-refractivity contribution in [2.24, 2.45) is 0 Å². The van der Waals surface area contributed by atoms with E-state index in [1.807, 2.05) is 36.4 Å². The Hall–Kier alpha value is -3.67. The molecule has 29 heavy (non-hydrogen) atoms. The Labute approximate surface area is 166 Å². The molecule has 0 amide bonds. The number of aliphatic carboxylic acids is 1. The van der Waals surface area contributed by atoms with Crippen LogP contribution in [0.2, 0.25) is 0 Å². The van der Waals surface area contributed by atoms with Crippen molar-refractivity contribution in [2.45, 2.75) is 25.7 Å². The molecule has 4 rings (SSSR count). The van der Waals surface area contributed by atoms with Crippen LogP contribution >= 0.6 is 0 Å². The molecule has 0 radical (unpaired) electrons. The Morgan fingerprint density at radius 2 is 1.86 bits per heavy atom. The second-order valence-corrected chi connectivity index (χ2v) is 6.84. The number of benzene rings is 2. The summed E-state index contributed by atoms with van der Waals surface area (Å²) in [6, 6.07) is 14.4. The van der Waals surface area contributed by atoms with E-state index in [0.29, 0.717) is 28.7 Å². The normalized spacial score (nSPS) is 14.1. The summed E-state index contributed by atoms with van der Waals surface area (Å²) in [7, 11) is 0. The first-order valence-electron chi connectivity index (χ1n) is 9.29. The van der Waals surface area contributed by atoms with Crippen molar-refractivity contribution in [2.75, 3.05) is 0 Å². The number of esters is 1. The third-order valence-corrected chi connectivity index (χ3v) is 4.81. The van der Waals surface area contributed by atoms with Gasteiger partial charge in [0.1, 0.15) is 17.1 Å². The zero-order valence-electron chi connectivity index (χ0n) is 15.5. The number of carboxylic acid groups (broad SMARTS) is 1. The van der Waals surface area contributed by atoms with Crippen molar-refractivity contribution in [3.8, 4) is 5.75 Å². The topological polar surface area (TPSA) is 93.8 Å². The van der Waals surface area contributed by atoms with Gasteiger partial charge in [-0.25, -0.2) is 0 Å². The fourth-order valence-corrected chi connectivity index (χ4v) is 3.42. The van der Waals surface area contributed by atoms with Gasteiger partial charge in [-0.15, -0.1) is 0 Å². The molecule has 0 saturated carbocycles. The molecule has 1 aromatic heterocycles. The van der Waals surface area contributed by atoms with Crippen molar-refractivity contribution in [1.29, 1.82) is 0 Å². The van der Waals surface area contributed by atoms with E-state index in [-0.39, 0.29) is 24.0 Å². The Bertz CT molecular complexity index is 1190. The first-order valence-corrected chi connectivity index (χ1v) is 9.29. The molecule has 0 bridgehead atoms. The van der Waals surface area contributed by atoms with Gasteiger partial charge in [-0.2, -0.15) is 0 Å². The van der Waals surface area contributed by atoms with Gasteiger partial charge in [0, 0.05) is 5.56 Å². The molecule has 1 aliphatic rings. The maximum absolute atomic E-state index is 13.0. The summed E-state index contributed by atoms with van der Waals surface area (Å²) in [5.74, 6) is -0.933. The van der Waals surface area contributed by atoms with E-state index in [9.17, 15) is 14.4 Å². The van der Waals surface area contributed by atoms with Crippen molar-refractivity contribution in [1.82, 2.24) is 0 Å². The number of allylic oxidation sites excluding steroid dienone is 1. The lowest BCUT2D eigenvalue weighted by Gasteiger charge is -2.07. The number of rotatable bonds is 5. The van der Waals surface area contributed by atoms with Gasteiger partial charge in [0.05, 0.1) is 18.2 Å². The Kier molecular flexibility index (Phi) is 4.99. The number of fused-ring (bicyclic) bond motifs is 2. The molecule has 0 unspecified atom stereocenters. The number of carbonyl (C=O) groups is 2. The molecule has 1 N–H and O–H groups in total. The van der Waals surface area contributed by atoms with Crippen LogP contribution in [0.3, 0.4) is 0 Å². The van der Waals surface area contributed by atoms with Crippen molar-refractivity contribution < 1.29 is 23.8 Å². The van der Waals surface area contributed by atoms with Crippen LogP contribution in [0.15, 0.2) is 57.7 Å². The molecule has 6 heteroatoms. The van der Waals surface area contributed by atoms with Gasteiger partial charge in [0.2, 0.25) is 0 Å². The molecule has 0 saturated heterocycles. The van der Waals surface area contributed by atoms with Gasteiger partial charge in [-0.05, 0) is 48.3 Å². The Balaban J connectivity index is 1.66. The lowest BCUT2D eigenvalue weighted by atomic mass is 10.1. The average molecular weight is 390 g/mol. The standard InChI is InChI=1S/C23H18O6/c24-20(25)10-11-21(26)28-16-7-9-19-18(13-16)22(27)17-8-6-15(23(17)29-19)12-14-4-2-1-3-5-14/h1-5,7,9,12-13H,6,8,10-11H2,(H,24,25)/b15-12+. The summed E-state index contributed by atoms with van der Waals surface area (Å²) in [4.78, 5) is 35.3. The van der Waals surface area contributed by atoms with Gasteiger partial charge in [0.25, 0.3) is 0 Å². The first-order chi connectivity index (χ1) is 14.0. The van der Waals surface area contributed by atoms with Crippen LogP contribution in [0.1, 0.15) is 36.1 Å². The number of hydrogen-bond donors (Lipinski definition) is 1. The van der Waals surface area contributed by atoms with Gasteiger partial charge in [-0.3, -0.25) is 14.4 Å². The molecule has 0 atom stereocenters. The van der Waals surface area contributed by atoms with E-state index < -0.39 is 11.9 Å². The Morgan fingerprint density at radius 3 is 2.62 bits per heavy atom. The SMILES string of the molecule is O=C(O)CCC(=O)Oc1ccc2oc3c(c(=O)c2c1)CC/C3=C\c1ccccc1. The third kappa shape index (κ3) is 3.96. The fraction of sp³-hybridized carbons (Fsp3) is 0.174. The molecular formula is C23H18O6. The zero-order chi connectivity index (χ0) is 20.4. The van der Waals surface area contributed by atoms with Crippen molar-refractivity contribution >= 4 is 34.6 Å². The lowest BCUT2D eigenvalue weighted by Crippen LogP contribution is -2.11. The maximum Gasteiger partial charge on any atom is 0.311 e. The van der Waals surface area contributed by atoms with E-state index in [2.05, 4.69) is 0 Å². The largest absolute Gasteiger partial charge is 0.481 e. The van der Waals surface area contributed by atoms with Crippen LogP contribution in [0.5, 0.6) is 5.75 Å². The highest BCUT2D eigenvalue weighted by Gasteiger charge is 2.24. The highest BCUT2D eigenvalue weighted by atomic mass is 16.5. The highest BCUT2D eigenvalue weighted by Crippen LogP contribution is 2.34. The predicted octanol–water partition coefficient (Wildman–Crippen LogP) is 4.05. The molecule has 1 heterocycles. The molecule has 6 nitrogen and oxygen atoms in total. The second kappa shape index (κ2) is 7.75. The Morgan fingerprint density at radius 1 is 1.07 bits per heavy atom. The second-order valence-electron chi connectivity index (χ2n) is 6.84. The van der Waals surface area contributed by atoms with E-state index in [1.165, 1.54) is 12.1 Å². The minimum absolute atomic E-state index is 0.138. The molecule has 0 fully saturated rings. The average Bonchev–Trinajstić information content (AvgIpc) is 3.11. The van der Waals surface area contributed by atoms with E-state index >= 15 is 0 Å². The van der Waals surface area contributed by atoms with Gasteiger partial charge in [0.15, 0.2) is 5.43 Å². The molecule has 146 valence electrons. The van der Waals surface area contributed by atoms with Gasteiger partial charge >= 0.3 is 11.9 Å². The molecule has 0 spiro atoms. The van der Waals surface area contributed by atoms with Crippen LogP contribution in [-0.2, 0) is 16.0 Å². The predicted molar refractivity (Wildman–Crippen MR) is 108 cm³/mol. The lowest BCUT2D eigenvalue weighted by molar-refractivity contribution is -0.142. The molecular weight excluding hydrogens is 372 g/mol. The number of hydrogen-bond acceptors (Lipinski definition) is 5. The molecule has 2 aromatic carbocycles. The van der Waals surface area contributed by atoms with Gasteiger partial charge < -0.3 is 14.3 Å². The number of carboxylic acids is 1. The molecule has 1 aliphatic carbocycles. The van der Waals surface area contributed by atoms with Crippen LogP contribution in [0, 0.1) is 0 Å². The minimum atomic E-state index is -1.07. The minimum Gasteiger partial charge on any atom is -0.481 e. The van der Waals surface area contributed by atoms with Crippen LogP contribution < -0.4 is 10.2 Å². The zero-order valence-corrected chi connectivity index (χ0v) is 15.5. The monoisotopic (exact) mass is 390 g/mol. The fourth-order valence-electron chi connectivity index (χ4n) is 3.42. The summed E-state index contributed by atoms with van der Waals surface area (Å²) in [5, 5.41) is 8.99. The summed E-state index contributed by atoms with van der Waals surface area (Å²) < 4.78 is 11.2. The number of ether oxygens (including phenoxy) is 1. The summed E-state index contributed by atoms with van der Waals surface area (Å²) in [5.41, 5.74) is 2.92. The van der Waals surface area contributed by atoms with E-state index in [4.69, 9.17) is 14.3 Å². The highest BCUT2D eigenvalue weighted by molar-refractivity contribution is 5.88. The third-order valence-electron chi connectivity index (χ3n) is 4.81. The quantitative estimate of drug-likeness (QED) is 0.522. The molecule has 0 aliphatic heterocycles. The van der Waals surface area contributed by atoms with Crippen LogP contribution in [0.4, 0.5) is 0 Å². The van der Waals surface area contributed by atoms with E-state index in [0.717, 1.165) is 17.6 Å². The summed E-state index contributed by atoms with van der Waals surface area (Å²) in [6.45, 7) is 0. The maximum atomic E-state index is 13.0. The van der Waals surface area contributed by atoms with Crippen LogP contribution in [-0.4, -0.2) is 17.0 Å². The molecule has 3 aromatic rings. The smallest absolute Gasteiger partial charge is 0.311 e.